The highest BCUT2D eigenvalue weighted by Crippen LogP contribution is 2.25. The van der Waals surface area contributed by atoms with E-state index in [1.165, 1.54) is 5.56 Å². The number of fused-ring (bicyclic) bond motifs is 1. The second-order valence-corrected chi connectivity index (χ2v) is 6.15. The lowest BCUT2D eigenvalue weighted by Crippen LogP contribution is -2.01. The Hall–Kier alpha value is -2.75. The first-order valence-corrected chi connectivity index (χ1v) is 8.53. The zero-order chi connectivity index (χ0) is 17.6. The Morgan fingerprint density at radius 1 is 1.04 bits per heavy atom. The summed E-state index contributed by atoms with van der Waals surface area (Å²) >= 11 is 0. The molecular weight excluding hydrogens is 314 g/mol. The van der Waals surface area contributed by atoms with Crippen molar-refractivity contribution in [2.75, 3.05) is 13.7 Å². The summed E-state index contributed by atoms with van der Waals surface area (Å²) < 4.78 is 13.1. The third-order valence-corrected chi connectivity index (χ3v) is 4.33. The fraction of sp³-hybridized carbons (Fsp3) is 0.286. The van der Waals surface area contributed by atoms with Gasteiger partial charge in [0, 0.05) is 29.2 Å². The summed E-state index contributed by atoms with van der Waals surface area (Å²) in [5.41, 5.74) is 2.99. The number of hydrogen-bond donors (Lipinski definition) is 0. The number of hydrogen-bond acceptors (Lipinski definition) is 3. The van der Waals surface area contributed by atoms with E-state index in [0.717, 1.165) is 48.1 Å². The van der Waals surface area contributed by atoms with Crippen LogP contribution in [-0.2, 0) is 6.54 Å². The van der Waals surface area contributed by atoms with Crippen LogP contribution in [0.1, 0.15) is 28.8 Å². The van der Waals surface area contributed by atoms with Gasteiger partial charge < -0.3 is 14.0 Å². The highest BCUT2D eigenvalue weighted by molar-refractivity contribution is 5.98. The van der Waals surface area contributed by atoms with Crippen LogP contribution in [-0.4, -0.2) is 24.6 Å². The van der Waals surface area contributed by atoms with Gasteiger partial charge in [-0.15, -0.1) is 0 Å². The Morgan fingerprint density at radius 3 is 2.52 bits per heavy atom. The van der Waals surface area contributed by atoms with Gasteiger partial charge in [0.05, 0.1) is 13.7 Å². The summed E-state index contributed by atoms with van der Waals surface area (Å²) in [6, 6.07) is 13.9. The molecule has 0 unspecified atom stereocenters. The zero-order valence-electron chi connectivity index (χ0n) is 14.7. The first-order chi connectivity index (χ1) is 12.2. The minimum Gasteiger partial charge on any atom is -0.497 e. The molecule has 0 spiro atoms. The Morgan fingerprint density at radius 2 is 1.80 bits per heavy atom. The molecule has 0 bridgehead atoms. The van der Waals surface area contributed by atoms with Gasteiger partial charge in [0.1, 0.15) is 11.5 Å². The largest absolute Gasteiger partial charge is 0.497 e. The van der Waals surface area contributed by atoms with Gasteiger partial charge in [-0.25, -0.2) is 0 Å². The number of aldehydes is 1. The topological polar surface area (TPSA) is 40.5 Å². The third-order valence-electron chi connectivity index (χ3n) is 4.33. The van der Waals surface area contributed by atoms with Gasteiger partial charge in [0.25, 0.3) is 0 Å². The van der Waals surface area contributed by atoms with Gasteiger partial charge in [-0.2, -0.15) is 0 Å². The SMILES string of the molecule is COc1ccc2c(c1)c(C=O)cn2CCCCOc1ccc(C)cc1. The van der Waals surface area contributed by atoms with E-state index in [2.05, 4.69) is 23.6 Å². The molecule has 0 saturated carbocycles. The monoisotopic (exact) mass is 337 g/mol. The van der Waals surface area contributed by atoms with Crippen molar-refractivity contribution in [3.63, 3.8) is 0 Å². The molecule has 0 saturated heterocycles. The van der Waals surface area contributed by atoms with Gasteiger partial charge in [0.2, 0.25) is 0 Å². The van der Waals surface area contributed by atoms with Crippen molar-refractivity contribution in [1.82, 2.24) is 4.57 Å². The Bertz CT molecular complexity index is 849. The fourth-order valence-corrected chi connectivity index (χ4v) is 2.92. The number of nitrogens with zero attached hydrogens (tertiary/aromatic N) is 1. The summed E-state index contributed by atoms with van der Waals surface area (Å²) in [6.07, 6.45) is 4.76. The van der Waals surface area contributed by atoms with Crippen molar-refractivity contribution in [3.8, 4) is 11.5 Å². The first-order valence-electron chi connectivity index (χ1n) is 8.53. The van der Waals surface area contributed by atoms with Crippen molar-refractivity contribution < 1.29 is 14.3 Å². The van der Waals surface area contributed by atoms with E-state index in [9.17, 15) is 4.79 Å². The minimum absolute atomic E-state index is 0.691. The van der Waals surface area contributed by atoms with Crippen LogP contribution >= 0.6 is 0 Å². The number of rotatable bonds is 8. The van der Waals surface area contributed by atoms with Crippen LogP contribution in [0.3, 0.4) is 0 Å². The number of unbranched alkanes of at least 4 members (excludes halogenated alkanes) is 1. The van der Waals surface area contributed by atoms with Crippen molar-refractivity contribution in [1.29, 1.82) is 0 Å². The van der Waals surface area contributed by atoms with E-state index in [0.29, 0.717) is 12.2 Å². The van der Waals surface area contributed by atoms with E-state index < -0.39 is 0 Å². The molecule has 2 aromatic carbocycles. The van der Waals surface area contributed by atoms with Crippen LogP contribution in [0.15, 0.2) is 48.7 Å². The number of aryl methyl sites for hydroxylation is 2. The Labute approximate surface area is 148 Å². The van der Waals surface area contributed by atoms with E-state index in [4.69, 9.17) is 9.47 Å². The molecule has 0 radical (unpaired) electrons. The molecule has 0 aliphatic heterocycles. The Balaban J connectivity index is 1.57. The standard InChI is InChI=1S/C21H23NO3/c1-16-5-7-18(8-6-16)25-12-4-3-11-22-14-17(15-23)20-13-19(24-2)9-10-21(20)22/h5-10,13-15H,3-4,11-12H2,1-2H3. The van der Waals surface area contributed by atoms with Gasteiger partial charge in [-0.1, -0.05) is 17.7 Å². The molecule has 4 heteroatoms. The van der Waals surface area contributed by atoms with Crippen LogP contribution in [0.2, 0.25) is 0 Å². The zero-order valence-corrected chi connectivity index (χ0v) is 14.7. The van der Waals surface area contributed by atoms with E-state index >= 15 is 0 Å². The molecular formula is C21H23NO3. The van der Waals surface area contributed by atoms with Crippen LogP contribution in [0.4, 0.5) is 0 Å². The van der Waals surface area contributed by atoms with E-state index in [1.807, 2.05) is 36.5 Å². The number of benzene rings is 2. The average Bonchev–Trinajstić information content (AvgIpc) is 3.00. The van der Waals surface area contributed by atoms with Crippen molar-refractivity contribution in [2.45, 2.75) is 26.3 Å². The maximum absolute atomic E-state index is 11.3. The molecule has 0 aliphatic rings. The molecule has 0 amide bonds. The summed E-state index contributed by atoms with van der Waals surface area (Å²) in [5.74, 6) is 1.67. The van der Waals surface area contributed by atoms with Gasteiger partial charge >= 0.3 is 0 Å². The quantitative estimate of drug-likeness (QED) is 0.444. The number of carbonyl (C=O) groups excluding carboxylic acids is 1. The second-order valence-electron chi connectivity index (χ2n) is 6.15. The maximum atomic E-state index is 11.3. The lowest BCUT2D eigenvalue weighted by Gasteiger charge is -2.08. The van der Waals surface area contributed by atoms with Gasteiger partial charge in [0.15, 0.2) is 6.29 Å². The molecule has 0 aliphatic carbocycles. The van der Waals surface area contributed by atoms with Crippen molar-refractivity contribution >= 4 is 17.2 Å². The lowest BCUT2D eigenvalue weighted by molar-refractivity contribution is 0.112. The van der Waals surface area contributed by atoms with Crippen LogP contribution in [0.5, 0.6) is 11.5 Å². The highest BCUT2D eigenvalue weighted by atomic mass is 16.5. The molecule has 0 atom stereocenters. The summed E-state index contributed by atoms with van der Waals surface area (Å²) in [7, 11) is 1.63. The second kappa shape index (κ2) is 7.88. The van der Waals surface area contributed by atoms with Crippen LogP contribution in [0, 0.1) is 6.92 Å². The molecule has 4 nitrogen and oxygen atoms in total. The predicted molar refractivity (Wildman–Crippen MR) is 99.8 cm³/mol. The number of ether oxygens (including phenoxy) is 2. The van der Waals surface area contributed by atoms with Gasteiger partial charge in [-0.3, -0.25) is 4.79 Å². The molecule has 3 rings (SSSR count). The van der Waals surface area contributed by atoms with E-state index in [1.54, 1.807) is 7.11 Å². The molecule has 130 valence electrons. The molecule has 0 N–H and O–H groups in total. The lowest BCUT2D eigenvalue weighted by atomic mass is 10.2. The summed E-state index contributed by atoms with van der Waals surface area (Å²) in [5, 5.41) is 0.935. The van der Waals surface area contributed by atoms with Crippen LogP contribution in [0.25, 0.3) is 10.9 Å². The summed E-state index contributed by atoms with van der Waals surface area (Å²) in [4.78, 5) is 11.3. The molecule has 1 heterocycles. The number of carbonyl (C=O) groups is 1. The van der Waals surface area contributed by atoms with E-state index in [-0.39, 0.29) is 0 Å². The normalized spacial score (nSPS) is 10.8. The fourth-order valence-electron chi connectivity index (χ4n) is 2.92. The van der Waals surface area contributed by atoms with Crippen molar-refractivity contribution in [3.05, 3.63) is 59.8 Å². The third kappa shape index (κ3) is 4.02. The molecule has 0 fully saturated rings. The molecule has 25 heavy (non-hydrogen) atoms. The van der Waals surface area contributed by atoms with Crippen LogP contribution < -0.4 is 9.47 Å². The predicted octanol–water partition coefficient (Wildman–Crippen LogP) is 4.63. The molecule has 3 aromatic rings. The van der Waals surface area contributed by atoms with Gasteiger partial charge in [-0.05, 0) is 50.1 Å². The summed E-state index contributed by atoms with van der Waals surface area (Å²) in [6.45, 7) is 3.61. The first kappa shape index (κ1) is 17.1. The molecule has 1 aromatic heterocycles. The number of aromatic nitrogens is 1. The number of methoxy groups -OCH3 is 1. The smallest absolute Gasteiger partial charge is 0.152 e. The maximum Gasteiger partial charge on any atom is 0.152 e. The van der Waals surface area contributed by atoms with Crippen molar-refractivity contribution in [2.24, 2.45) is 0 Å². The highest BCUT2D eigenvalue weighted by Gasteiger charge is 2.09. The Kier molecular flexibility index (Phi) is 5.39. The average molecular weight is 337 g/mol. The minimum atomic E-state index is 0.691.